The van der Waals surface area contributed by atoms with Crippen LogP contribution in [-0.4, -0.2) is 35.9 Å². The van der Waals surface area contributed by atoms with Gasteiger partial charge < -0.3 is 15.4 Å². The highest BCUT2D eigenvalue weighted by atomic mass is 16.5. The number of benzene rings is 1. The van der Waals surface area contributed by atoms with Gasteiger partial charge in [-0.05, 0) is 30.3 Å². The maximum absolute atomic E-state index is 11.8. The maximum Gasteiger partial charge on any atom is 0.238 e. The van der Waals surface area contributed by atoms with Crippen molar-refractivity contribution < 1.29 is 9.53 Å². The summed E-state index contributed by atoms with van der Waals surface area (Å²) in [5.74, 6) is 0.697. The van der Waals surface area contributed by atoms with Gasteiger partial charge in [0.2, 0.25) is 5.91 Å². The maximum atomic E-state index is 11.8. The molecule has 0 atom stereocenters. The van der Waals surface area contributed by atoms with Crippen molar-refractivity contribution in [2.24, 2.45) is 7.05 Å². The molecule has 0 aliphatic rings. The summed E-state index contributed by atoms with van der Waals surface area (Å²) in [6.07, 6.45) is 2.71. The van der Waals surface area contributed by atoms with Gasteiger partial charge >= 0.3 is 0 Å². The lowest BCUT2D eigenvalue weighted by Crippen LogP contribution is -2.29. The third kappa shape index (κ3) is 4.92. The Hall–Kier alpha value is -2.34. The molecule has 0 fully saturated rings. The van der Waals surface area contributed by atoms with E-state index in [1.54, 1.807) is 11.8 Å². The molecule has 2 aromatic rings. The molecule has 21 heavy (non-hydrogen) atoms. The molecule has 2 rings (SSSR count). The Morgan fingerprint density at radius 2 is 2.05 bits per heavy atom. The number of rotatable bonds is 7. The zero-order chi connectivity index (χ0) is 15.1. The number of hydrogen-bond donors (Lipinski definition) is 2. The normalized spacial score (nSPS) is 10.4. The molecule has 1 aromatic carbocycles. The number of aryl methyl sites for hydroxylation is 1. The predicted octanol–water partition coefficient (Wildman–Crippen LogP) is 1.20. The Labute approximate surface area is 124 Å². The molecule has 0 radical (unpaired) electrons. The summed E-state index contributed by atoms with van der Waals surface area (Å²) in [6, 6.07) is 9.21. The van der Waals surface area contributed by atoms with Gasteiger partial charge in [0.1, 0.15) is 5.75 Å². The zero-order valence-electron chi connectivity index (χ0n) is 12.3. The highest BCUT2D eigenvalue weighted by Crippen LogP contribution is 2.14. The Kier molecular flexibility index (Phi) is 5.34. The molecule has 0 aliphatic carbocycles. The first-order chi connectivity index (χ1) is 10.2. The van der Waals surface area contributed by atoms with Crippen LogP contribution in [0.5, 0.6) is 5.75 Å². The van der Waals surface area contributed by atoms with Crippen LogP contribution in [0.1, 0.15) is 5.69 Å². The van der Waals surface area contributed by atoms with Crippen LogP contribution in [0.3, 0.4) is 0 Å². The Morgan fingerprint density at radius 1 is 1.29 bits per heavy atom. The molecule has 0 bridgehead atoms. The number of carbonyl (C=O) groups is 1. The second-order valence-electron chi connectivity index (χ2n) is 4.68. The van der Waals surface area contributed by atoms with Gasteiger partial charge in [-0.1, -0.05) is 0 Å². The number of nitrogens with zero attached hydrogens (tertiary/aromatic N) is 2. The van der Waals surface area contributed by atoms with Gasteiger partial charge in [0.15, 0.2) is 0 Å². The van der Waals surface area contributed by atoms with Crippen molar-refractivity contribution in [1.29, 1.82) is 0 Å². The lowest BCUT2D eigenvalue weighted by atomic mass is 10.3. The van der Waals surface area contributed by atoms with Gasteiger partial charge in [-0.15, -0.1) is 0 Å². The number of anilines is 1. The lowest BCUT2D eigenvalue weighted by Gasteiger charge is -2.07. The molecule has 6 heteroatoms. The fourth-order valence-corrected chi connectivity index (χ4v) is 1.89. The molecule has 0 spiro atoms. The van der Waals surface area contributed by atoms with E-state index < -0.39 is 0 Å². The summed E-state index contributed by atoms with van der Waals surface area (Å²) in [5, 5.41) is 10.2. The minimum Gasteiger partial charge on any atom is -0.497 e. The average molecular weight is 288 g/mol. The van der Waals surface area contributed by atoms with Crippen molar-refractivity contribution >= 4 is 11.6 Å². The van der Waals surface area contributed by atoms with E-state index in [2.05, 4.69) is 15.7 Å². The minimum atomic E-state index is -0.0683. The monoisotopic (exact) mass is 288 g/mol. The molecule has 6 nitrogen and oxygen atoms in total. The Morgan fingerprint density at radius 3 is 2.67 bits per heavy atom. The molecular weight excluding hydrogens is 268 g/mol. The van der Waals surface area contributed by atoms with Crippen molar-refractivity contribution in [2.45, 2.75) is 6.42 Å². The van der Waals surface area contributed by atoms with Crippen molar-refractivity contribution in [3.8, 4) is 5.75 Å². The van der Waals surface area contributed by atoms with Crippen LogP contribution in [0.25, 0.3) is 0 Å². The molecule has 0 saturated heterocycles. The Bertz CT molecular complexity index is 578. The van der Waals surface area contributed by atoms with Gasteiger partial charge in [-0.2, -0.15) is 5.10 Å². The van der Waals surface area contributed by atoms with Crippen LogP contribution in [0.2, 0.25) is 0 Å². The van der Waals surface area contributed by atoms with Crippen molar-refractivity contribution in [3.63, 3.8) is 0 Å². The first-order valence-corrected chi connectivity index (χ1v) is 6.80. The topological polar surface area (TPSA) is 68.2 Å². The molecular formula is C15H20N4O2. The van der Waals surface area contributed by atoms with Crippen molar-refractivity contribution in [2.75, 3.05) is 25.5 Å². The highest BCUT2D eigenvalue weighted by molar-refractivity contribution is 5.92. The quantitative estimate of drug-likeness (QED) is 0.751. The second-order valence-corrected chi connectivity index (χ2v) is 4.68. The molecule has 112 valence electrons. The van der Waals surface area contributed by atoms with Crippen LogP contribution in [0, 0.1) is 0 Å². The summed E-state index contributed by atoms with van der Waals surface area (Å²) in [5.41, 5.74) is 1.77. The van der Waals surface area contributed by atoms with Gasteiger partial charge in [-0.3, -0.25) is 9.48 Å². The second kappa shape index (κ2) is 7.44. The highest BCUT2D eigenvalue weighted by Gasteiger charge is 2.02. The molecule has 1 heterocycles. The van der Waals surface area contributed by atoms with Crippen LogP contribution < -0.4 is 15.4 Å². The number of methoxy groups -OCH3 is 1. The smallest absolute Gasteiger partial charge is 0.238 e. The molecule has 0 unspecified atom stereocenters. The minimum absolute atomic E-state index is 0.0683. The fraction of sp³-hybridized carbons (Fsp3) is 0.333. The zero-order valence-corrected chi connectivity index (χ0v) is 12.3. The van der Waals surface area contributed by atoms with E-state index in [0.717, 1.165) is 23.6 Å². The molecule has 0 aliphatic heterocycles. The van der Waals surface area contributed by atoms with E-state index in [1.165, 1.54) is 0 Å². The van der Waals surface area contributed by atoms with Gasteiger partial charge in [0.05, 0.1) is 19.3 Å². The van der Waals surface area contributed by atoms with Crippen molar-refractivity contribution in [1.82, 2.24) is 15.1 Å². The van der Waals surface area contributed by atoms with Gasteiger partial charge in [-0.25, -0.2) is 0 Å². The van der Waals surface area contributed by atoms with E-state index in [9.17, 15) is 4.79 Å². The summed E-state index contributed by atoms with van der Waals surface area (Å²) in [7, 11) is 3.50. The summed E-state index contributed by atoms with van der Waals surface area (Å²) in [6.45, 7) is 0.992. The lowest BCUT2D eigenvalue weighted by molar-refractivity contribution is -0.115. The van der Waals surface area contributed by atoms with Crippen molar-refractivity contribution in [3.05, 3.63) is 42.2 Å². The third-order valence-electron chi connectivity index (χ3n) is 2.99. The van der Waals surface area contributed by atoms with Crippen LogP contribution in [0.15, 0.2) is 36.5 Å². The molecule has 1 amide bonds. The van der Waals surface area contributed by atoms with Gasteiger partial charge in [0.25, 0.3) is 0 Å². The number of hydrogen-bond acceptors (Lipinski definition) is 4. The number of nitrogens with one attached hydrogen (secondary N) is 2. The Balaban J connectivity index is 1.67. The number of carbonyl (C=O) groups excluding carboxylic acids is 1. The summed E-state index contributed by atoms with van der Waals surface area (Å²) < 4.78 is 6.83. The molecule has 2 N–H and O–H groups in total. The fourth-order valence-electron chi connectivity index (χ4n) is 1.89. The van der Waals surface area contributed by atoms with E-state index in [-0.39, 0.29) is 12.5 Å². The summed E-state index contributed by atoms with van der Waals surface area (Å²) >= 11 is 0. The SMILES string of the molecule is COc1ccc(NC(=O)CNCCc2ccn(C)n2)cc1. The van der Waals surface area contributed by atoms with Crippen LogP contribution >= 0.6 is 0 Å². The van der Waals surface area contributed by atoms with E-state index in [0.29, 0.717) is 6.54 Å². The van der Waals surface area contributed by atoms with Gasteiger partial charge in [0, 0.05) is 31.9 Å². The van der Waals surface area contributed by atoms with E-state index in [1.807, 2.05) is 43.6 Å². The number of ether oxygens (including phenoxy) is 1. The van der Waals surface area contributed by atoms with Crippen LogP contribution in [0.4, 0.5) is 5.69 Å². The summed E-state index contributed by atoms with van der Waals surface area (Å²) in [4.78, 5) is 11.8. The van der Waals surface area contributed by atoms with E-state index >= 15 is 0 Å². The number of amides is 1. The number of aromatic nitrogens is 2. The first-order valence-electron chi connectivity index (χ1n) is 6.80. The third-order valence-corrected chi connectivity index (χ3v) is 2.99. The average Bonchev–Trinajstić information content (AvgIpc) is 2.90. The predicted molar refractivity (Wildman–Crippen MR) is 81.4 cm³/mol. The largest absolute Gasteiger partial charge is 0.497 e. The van der Waals surface area contributed by atoms with Crippen LogP contribution in [-0.2, 0) is 18.3 Å². The molecule has 1 aromatic heterocycles. The first kappa shape index (κ1) is 15.1. The molecule has 0 saturated carbocycles. The van der Waals surface area contributed by atoms with E-state index in [4.69, 9.17) is 4.74 Å². The standard InChI is InChI=1S/C15H20N4O2/c1-19-10-8-13(18-19)7-9-16-11-15(20)17-12-3-5-14(21-2)6-4-12/h3-6,8,10,16H,7,9,11H2,1-2H3,(H,17,20).